The van der Waals surface area contributed by atoms with Gasteiger partial charge < -0.3 is 4.74 Å². The molecule has 0 aliphatic rings. The Labute approximate surface area is 122 Å². The fourth-order valence-electron chi connectivity index (χ4n) is 1.53. The van der Waals surface area contributed by atoms with Crippen molar-refractivity contribution >= 4 is 21.4 Å². The molecule has 0 fully saturated rings. The van der Waals surface area contributed by atoms with E-state index in [0.29, 0.717) is 5.75 Å². The van der Waals surface area contributed by atoms with Crippen LogP contribution in [-0.2, 0) is 16.6 Å². The molecule has 20 heavy (non-hydrogen) atoms. The average Bonchev–Trinajstić information content (AvgIpc) is 2.84. The van der Waals surface area contributed by atoms with Gasteiger partial charge in [0.2, 0.25) is 10.0 Å². The zero-order chi connectivity index (χ0) is 14.4. The van der Waals surface area contributed by atoms with Gasteiger partial charge in [0.15, 0.2) is 0 Å². The summed E-state index contributed by atoms with van der Waals surface area (Å²) in [5.41, 5.74) is 0.736. The van der Waals surface area contributed by atoms with Gasteiger partial charge in [-0.1, -0.05) is 18.2 Å². The normalized spacial score (nSPS) is 11.4. The second-order valence-electron chi connectivity index (χ2n) is 4.16. The molecule has 0 radical (unpaired) electrons. The van der Waals surface area contributed by atoms with Crippen LogP contribution in [0.25, 0.3) is 0 Å². The summed E-state index contributed by atoms with van der Waals surface area (Å²) in [6.07, 6.45) is 0. The van der Waals surface area contributed by atoms with Gasteiger partial charge in [-0.2, -0.15) is 0 Å². The smallest absolute Gasteiger partial charge is 0.215 e. The quantitative estimate of drug-likeness (QED) is 0.848. The fourth-order valence-corrected chi connectivity index (χ4v) is 2.96. The number of hydrogen-bond acceptors (Lipinski definition) is 5. The summed E-state index contributed by atoms with van der Waals surface area (Å²) in [4.78, 5) is 4.20. The Hall–Kier alpha value is -1.44. The molecule has 7 heteroatoms. The molecule has 1 aromatic heterocycles. The number of ether oxygens (including phenoxy) is 1. The number of sulfonamides is 1. The van der Waals surface area contributed by atoms with Crippen LogP contribution in [0.4, 0.5) is 0 Å². The molecule has 0 aliphatic heterocycles. The van der Waals surface area contributed by atoms with E-state index in [0.717, 1.165) is 10.7 Å². The van der Waals surface area contributed by atoms with E-state index in [1.165, 1.54) is 11.3 Å². The van der Waals surface area contributed by atoms with Crippen LogP contribution in [0.5, 0.6) is 5.75 Å². The van der Waals surface area contributed by atoms with Gasteiger partial charge in [0.05, 0.1) is 23.0 Å². The van der Waals surface area contributed by atoms with Gasteiger partial charge in [0, 0.05) is 5.38 Å². The molecule has 0 unspecified atom stereocenters. The molecule has 0 saturated heterocycles. The van der Waals surface area contributed by atoms with Crippen molar-refractivity contribution in [2.45, 2.75) is 13.5 Å². The Balaban J connectivity index is 1.76. The first kappa shape index (κ1) is 15.0. The van der Waals surface area contributed by atoms with Crippen molar-refractivity contribution in [3.8, 4) is 5.75 Å². The van der Waals surface area contributed by atoms with Crippen molar-refractivity contribution in [2.75, 3.05) is 12.4 Å². The first-order valence-corrected chi connectivity index (χ1v) is 8.64. The fraction of sp³-hybridized carbons (Fsp3) is 0.308. The second kappa shape index (κ2) is 6.83. The molecule has 0 bridgehead atoms. The first-order chi connectivity index (χ1) is 9.55. The maximum absolute atomic E-state index is 11.8. The summed E-state index contributed by atoms with van der Waals surface area (Å²) in [6.45, 7) is 2.23. The monoisotopic (exact) mass is 312 g/mol. The molecule has 0 amide bonds. The predicted molar refractivity (Wildman–Crippen MR) is 79.4 cm³/mol. The van der Waals surface area contributed by atoms with E-state index >= 15 is 0 Å². The third-order valence-corrected chi connectivity index (χ3v) is 4.61. The highest BCUT2D eigenvalue weighted by Crippen LogP contribution is 2.09. The van der Waals surface area contributed by atoms with Crippen molar-refractivity contribution < 1.29 is 13.2 Å². The van der Waals surface area contributed by atoms with Crippen LogP contribution in [0.3, 0.4) is 0 Å². The highest BCUT2D eigenvalue weighted by Gasteiger charge is 2.11. The van der Waals surface area contributed by atoms with Gasteiger partial charge in [-0.25, -0.2) is 18.1 Å². The Morgan fingerprint density at radius 3 is 2.70 bits per heavy atom. The van der Waals surface area contributed by atoms with E-state index in [2.05, 4.69) is 9.71 Å². The van der Waals surface area contributed by atoms with Gasteiger partial charge >= 0.3 is 0 Å². The van der Waals surface area contributed by atoms with Crippen LogP contribution >= 0.6 is 11.3 Å². The summed E-state index contributed by atoms with van der Waals surface area (Å²) < 4.78 is 31.4. The van der Waals surface area contributed by atoms with Crippen LogP contribution in [0.2, 0.25) is 0 Å². The maximum atomic E-state index is 11.8. The molecule has 0 aliphatic carbocycles. The van der Waals surface area contributed by atoms with Crippen molar-refractivity contribution in [3.05, 3.63) is 46.4 Å². The lowest BCUT2D eigenvalue weighted by Crippen LogP contribution is -2.28. The third-order valence-electron chi connectivity index (χ3n) is 2.50. The number of nitrogens with one attached hydrogen (secondary N) is 1. The zero-order valence-corrected chi connectivity index (χ0v) is 12.7. The number of rotatable bonds is 7. The van der Waals surface area contributed by atoms with Gasteiger partial charge in [0.1, 0.15) is 12.4 Å². The van der Waals surface area contributed by atoms with Crippen LogP contribution in [0, 0.1) is 6.92 Å². The molecule has 5 nitrogen and oxygen atoms in total. The molecule has 2 rings (SSSR count). The highest BCUT2D eigenvalue weighted by molar-refractivity contribution is 7.89. The number of nitrogens with zero attached hydrogens (tertiary/aromatic N) is 1. The number of aryl methyl sites for hydroxylation is 1. The summed E-state index contributed by atoms with van der Waals surface area (Å²) in [6, 6.07) is 9.14. The topological polar surface area (TPSA) is 68.3 Å². The summed E-state index contributed by atoms with van der Waals surface area (Å²) >= 11 is 1.50. The van der Waals surface area contributed by atoms with Gasteiger partial charge in [-0.15, -0.1) is 11.3 Å². The van der Waals surface area contributed by atoms with Crippen LogP contribution < -0.4 is 9.46 Å². The lowest BCUT2D eigenvalue weighted by molar-refractivity contribution is 0.340. The van der Waals surface area contributed by atoms with E-state index in [9.17, 15) is 8.42 Å². The van der Waals surface area contributed by atoms with Gasteiger partial charge in [-0.05, 0) is 19.1 Å². The minimum Gasteiger partial charge on any atom is -0.492 e. The predicted octanol–water partition coefficient (Wildman–Crippen LogP) is 1.95. The molecule has 1 N–H and O–H groups in total. The number of aromatic nitrogens is 1. The minimum atomic E-state index is -3.35. The van der Waals surface area contributed by atoms with Gasteiger partial charge in [0.25, 0.3) is 0 Å². The van der Waals surface area contributed by atoms with Crippen molar-refractivity contribution in [1.29, 1.82) is 0 Å². The summed E-state index contributed by atoms with van der Waals surface area (Å²) in [5, 5.41) is 2.77. The number of thiazole rings is 1. The molecule has 2 aromatic rings. The SMILES string of the molecule is Cc1nc(CNS(=O)(=O)CCOc2ccccc2)cs1. The second-order valence-corrected chi connectivity index (χ2v) is 7.15. The molecule has 108 valence electrons. The number of hydrogen-bond donors (Lipinski definition) is 1. The van der Waals surface area contributed by atoms with Crippen LogP contribution in [0.15, 0.2) is 35.7 Å². The lowest BCUT2D eigenvalue weighted by atomic mass is 10.3. The summed E-state index contributed by atoms with van der Waals surface area (Å²) in [7, 11) is -3.35. The van der Waals surface area contributed by atoms with Crippen molar-refractivity contribution in [3.63, 3.8) is 0 Å². The Morgan fingerprint density at radius 1 is 1.30 bits per heavy atom. The van der Waals surface area contributed by atoms with Crippen LogP contribution in [0.1, 0.15) is 10.7 Å². The highest BCUT2D eigenvalue weighted by atomic mass is 32.2. The third kappa shape index (κ3) is 4.92. The molecular formula is C13H16N2O3S2. The maximum Gasteiger partial charge on any atom is 0.215 e. The van der Waals surface area contributed by atoms with Crippen molar-refractivity contribution in [1.82, 2.24) is 9.71 Å². The molecule has 0 saturated carbocycles. The molecule has 1 aromatic carbocycles. The standard InChI is InChI=1S/C13H16N2O3S2/c1-11-15-12(10-19-11)9-14-20(16,17)8-7-18-13-5-3-2-4-6-13/h2-6,10,14H,7-9H2,1H3. The number of para-hydroxylation sites is 1. The Kier molecular flexibility index (Phi) is 5.11. The van der Waals surface area contributed by atoms with Crippen LogP contribution in [-0.4, -0.2) is 25.8 Å². The Morgan fingerprint density at radius 2 is 2.05 bits per heavy atom. The summed E-state index contributed by atoms with van der Waals surface area (Å²) in [5.74, 6) is 0.586. The average molecular weight is 312 g/mol. The van der Waals surface area contributed by atoms with E-state index < -0.39 is 10.0 Å². The largest absolute Gasteiger partial charge is 0.492 e. The molecule has 0 spiro atoms. The van der Waals surface area contributed by atoms with Gasteiger partial charge in [-0.3, -0.25) is 0 Å². The molecule has 0 atom stereocenters. The molecular weight excluding hydrogens is 296 g/mol. The van der Waals surface area contributed by atoms with E-state index in [1.54, 1.807) is 12.1 Å². The number of benzene rings is 1. The minimum absolute atomic E-state index is 0.0784. The van der Waals surface area contributed by atoms with E-state index in [4.69, 9.17) is 4.74 Å². The Bertz CT molecular complexity index is 639. The van der Waals surface area contributed by atoms with Crippen molar-refractivity contribution in [2.24, 2.45) is 0 Å². The lowest BCUT2D eigenvalue weighted by Gasteiger charge is -2.07. The molecule has 1 heterocycles. The van der Waals surface area contributed by atoms with E-state index in [-0.39, 0.29) is 18.9 Å². The van der Waals surface area contributed by atoms with E-state index in [1.807, 2.05) is 30.5 Å². The zero-order valence-electron chi connectivity index (χ0n) is 11.1. The first-order valence-electron chi connectivity index (χ1n) is 6.11.